The van der Waals surface area contributed by atoms with Crippen molar-refractivity contribution < 1.29 is 9.31 Å². The van der Waals surface area contributed by atoms with E-state index in [-0.39, 0.29) is 0 Å². The number of nitrogens with one attached hydrogen (secondary N) is 1. The summed E-state index contributed by atoms with van der Waals surface area (Å²) in [5.41, 5.74) is 1.83. The van der Waals surface area contributed by atoms with E-state index in [0.717, 1.165) is 23.4 Å². The van der Waals surface area contributed by atoms with Crippen molar-refractivity contribution in [2.45, 2.75) is 13.0 Å². The van der Waals surface area contributed by atoms with E-state index >= 15 is 0 Å². The van der Waals surface area contributed by atoms with Gasteiger partial charge < -0.3 is 5.32 Å². The molecular formula is C15H12FN3O2. The van der Waals surface area contributed by atoms with Gasteiger partial charge in [0.15, 0.2) is 0 Å². The van der Waals surface area contributed by atoms with Crippen molar-refractivity contribution in [1.82, 2.24) is 0 Å². The van der Waals surface area contributed by atoms with Gasteiger partial charge in [0.25, 0.3) is 0 Å². The Balaban J connectivity index is 2.01. The Labute approximate surface area is 120 Å². The highest BCUT2D eigenvalue weighted by Gasteiger charge is 2.13. The van der Waals surface area contributed by atoms with Gasteiger partial charge in [0, 0.05) is 18.3 Å². The lowest BCUT2D eigenvalue weighted by Gasteiger charge is -2.07. The third-order valence-corrected chi connectivity index (χ3v) is 2.94. The maximum absolute atomic E-state index is 13.5. The zero-order chi connectivity index (χ0) is 15.2. The summed E-state index contributed by atoms with van der Waals surface area (Å²) in [6, 6.07) is 13.2. The number of nitrogens with zero attached hydrogens (tertiary/aromatic N) is 2. The number of halogens is 1. The van der Waals surface area contributed by atoms with Crippen molar-refractivity contribution in [2.24, 2.45) is 0 Å². The van der Waals surface area contributed by atoms with Crippen molar-refractivity contribution in [1.29, 1.82) is 5.26 Å². The van der Waals surface area contributed by atoms with Crippen molar-refractivity contribution in [2.75, 3.05) is 5.32 Å². The molecule has 2 aromatic carbocycles. The van der Waals surface area contributed by atoms with E-state index in [1.165, 1.54) is 6.07 Å². The predicted octanol–water partition coefficient (Wildman–Crippen LogP) is 3.41. The van der Waals surface area contributed by atoms with Crippen LogP contribution in [0.25, 0.3) is 0 Å². The van der Waals surface area contributed by atoms with Crippen LogP contribution in [0.15, 0.2) is 42.5 Å². The van der Waals surface area contributed by atoms with E-state index in [9.17, 15) is 14.5 Å². The Kier molecular flexibility index (Phi) is 4.46. The van der Waals surface area contributed by atoms with Gasteiger partial charge in [-0.15, -0.1) is 0 Å². The average Bonchev–Trinajstić information content (AvgIpc) is 2.46. The Morgan fingerprint density at radius 3 is 2.43 bits per heavy atom. The van der Waals surface area contributed by atoms with Crippen LogP contribution < -0.4 is 5.32 Å². The summed E-state index contributed by atoms with van der Waals surface area (Å²) in [6.45, 7) is 0.354. The highest BCUT2D eigenvalue weighted by atomic mass is 19.1. The molecule has 0 aromatic heterocycles. The number of nitro groups is 1. The van der Waals surface area contributed by atoms with E-state index < -0.39 is 16.4 Å². The van der Waals surface area contributed by atoms with Crippen LogP contribution in [0, 0.1) is 27.3 Å². The summed E-state index contributed by atoms with van der Waals surface area (Å²) in [5.74, 6) is -0.844. The lowest BCUT2D eigenvalue weighted by molar-refractivity contribution is -0.387. The Morgan fingerprint density at radius 2 is 1.86 bits per heavy atom. The molecule has 0 aliphatic carbocycles. The van der Waals surface area contributed by atoms with Crippen LogP contribution in [0.1, 0.15) is 11.1 Å². The molecule has 0 radical (unpaired) electrons. The third-order valence-electron chi connectivity index (χ3n) is 2.94. The van der Waals surface area contributed by atoms with E-state index in [1.54, 1.807) is 0 Å². The molecular weight excluding hydrogens is 273 g/mol. The van der Waals surface area contributed by atoms with Crippen LogP contribution >= 0.6 is 0 Å². The molecule has 0 atom stereocenters. The fraction of sp³-hybridized carbons (Fsp3) is 0.133. The van der Waals surface area contributed by atoms with Gasteiger partial charge in [-0.25, -0.2) is 0 Å². The number of hydrogen-bond acceptors (Lipinski definition) is 4. The fourth-order valence-electron chi connectivity index (χ4n) is 1.84. The van der Waals surface area contributed by atoms with Crippen LogP contribution in [0.5, 0.6) is 0 Å². The summed E-state index contributed by atoms with van der Waals surface area (Å²) in [5, 5.41) is 22.2. The number of nitro benzene ring substituents is 1. The molecule has 0 aliphatic rings. The molecule has 0 amide bonds. The van der Waals surface area contributed by atoms with E-state index in [0.29, 0.717) is 18.5 Å². The van der Waals surface area contributed by atoms with E-state index in [1.807, 2.05) is 24.3 Å². The van der Waals surface area contributed by atoms with Crippen LogP contribution in [-0.2, 0) is 13.0 Å². The SMILES string of the molecule is N#CCc1ccc(NCc2ccc([N+](=O)[O-])c(F)c2)cc1. The normalized spacial score (nSPS) is 9.90. The minimum absolute atomic E-state index is 0.354. The summed E-state index contributed by atoms with van der Waals surface area (Å²) in [6.07, 6.45) is 0.355. The molecule has 0 unspecified atom stereocenters. The smallest absolute Gasteiger partial charge is 0.304 e. The molecule has 2 rings (SSSR count). The van der Waals surface area contributed by atoms with Gasteiger partial charge in [-0.3, -0.25) is 10.1 Å². The van der Waals surface area contributed by atoms with Gasteiger partial charge in [-0.1, -0.05) is 18.2 Å². The molecule has 0 saturated heterocycles. The second kappa shape index (κ2) is 6.48. The first-order valence-electron chi connectivity index (χ1n) is 6.22. The molecule has 6 heteroatoms. The number of rotatable bonds is 5. The van der Waals surface area contributed by atoms with Crippen molar-refractivity contribution in [3.63, 3.8) is 0 Å². The fourth-order valence-corrected chi connectivity index (χ4v) is 1.84. The molecule has 1 N–H and O–H groups in total. The lowest BCUT2D eigenvalue weighted by Crippen LogP contribution is -2.01. The van der Waals surface area contributed by atoms with Gasteiger partial charge in [-0.05, 0) is 29.3 Å². The molecule has 0 heterocycles. The molecule has 5 nitrogen and oxygen atoms in total. The monoisotopic (exact) mass is 285 g/mol. The minimum Gasteiger partial charge on any atom is -0.381 e. The van der Waals surface area contributed by atoms with Crippen molar-refractivity contribution in [3.8, 4) is 6.07 Å². The zero-order valence-electron chi connectivity index (χ0n) is 11.0. The standard InChI is InChI=1S/C15H12FN3O2/c16-14-9-12(3-6-15(14)19(20)21)10-18-13-4-1-11(2-5-13)7-8-17/h1-6,9,18H,7,10H2. The average molecular weight is 285 g/mol. The quantitative estimate of drug-likeness (QED) is 0.674. The number of hydrogen-bond donors (Lipinski definition) is 1. The van der Waals surface area contributed by atoms with Crippen molar-refractivity contribution in [3.05, 3.63) is 69.5 Å². The van der Waals surface area contributed by atoms with Crippen LogP contribution in [-0.4, -0.2) is 4.92 Å². The second-order valence-corrected chi connectivity index (χ2v) is 4.43. The molecule has 0 saturated carbocycles. The summed E-state index contributed by atoms with van der Waals surface area (Å²) in [7, 11) is 0. The molecule has 21 heavy (non-hydrogen) atoms. The van der Waals surface area contributed by atoms with Crippen molar-refractivity contribution >= 4 is 11.4 Å². The van der Waals surface area contributed by atoms with Crippen LogP contribution in [0.2, 0.25) is 0 Å². The maximum Gasteiger partial charge on any atom is 0.304 e. The summed E-state index contributed by atoms with van der Waals surface area (Å²) < 4.78 is 13.5. The number of anilines is 1. The van der Waals surface area contributed by atoms with Gasteiger partial charge in [0.1, 0.15) is 0 Å². The largest absolute Gasteiger partial charge is 0.381 e. The van der Waals surface area contributed by atoms with E-state index in [4.69, 9.17) is 5.26 Å². The third kappa shape index (κ3) is 3.76. The van der Waals surface area contributed by atoms with Crippen LogP contribution in [0.3, 0.4) is 0 Å². The predicted molar refractivity (Wildman–Crippen MR) is 76.1 cm³/mol. The summed E-state index contributed by atoms with van der Waals surface area (Å²) >= 11 is 0. The second-order valence-electron chi connectivity index (χ2n) is 4.43. The first-order chi connectivity index (χ1) is 10.1. The lowest BCUT2D eigenvalue weighted by atomic mass is 10.1. The minimum atomic E-state index is -0.844. The van der Waals surface area contributed by atoms with Gasteiger partial charge in [0.05, 0.1) is 17.4 Å². The Hall–Kier alpha value is -2.94. The summed E-state index contributed by atoms with van der Waals surface area (Å²) in [4.78, 5) is 9.78. The van der Waals surface area contributed by atoms with Gasteiger partial charge in [0.2, 0.25) is 5.82 Å². The number of benzene rings is 2. The van der Waals surface area contributed by atoms with Crippen LogP contribution in [0.4, 0.5) is 15.8 Å². The molecule has 0 bridgehead atoms. The highest BCUT2D eigenvalue weighted by Crippen LogP contribution is 2.19. The first-order valence-corrected chi connectivity index (χ1v) is 6.22. The zero-order valence-corrected chi connectivity index (χ0v) is 11.0. The Morgan fingerprint density at radius 1 is 1.19 bits per heavy atom. The maximum atomic E-state index is 13.5. The molecule has 0 fully saturated rings. The molecule has 0 spiro atoms. The molecule has 2 aromatic rings. The molecule has 0 aliphatic heterocycles. The van der Waals surface area contributed by atoms with Gasteiger partial charge in [-0.2, -0.15) is 9.65 Å². The number of nitriles is 1. The van der Waals surface area contributed by atoms with Gasteiger partial charge >= 0.3 is 5.69 Å². The first kappa shape index (κ1) is 14.5. The topological polar surface area (TPSA) is 79.0 Å². The van der Waals surface area contributed by atoms with E-state index in [2.05, 4.69) is 11.4 Å². The Bertz CT molecular complexity index is 693. The highest BCUT2D eigenvalue weighted by molar-refractivity contribution is 5.46. The molecule has 106 valence electrons.